The molecule has 0 saturated heterocycles. The van der Waals surface area contributed by atoms with Gasteiger partial charge in [0, 0.05) is 13.0 Å². The van der Waals surface area contributed by atoms with Gasteiger partial charge in [-0.05, 0) is 31.0 Å². The van der Waals surface area contributed by atoms with Gasteiger partial charge in [-0.2, -0.15) is 0 Å². The molecular weight excluding hydrogens is 254 g/mol. The molecule has 0 bridgehead atoms. The molecule has 20 heavy (non-hydrogen) atoms. The molecule has 0 radical (unpaired) electrons. The van der Waals surface area contributed by atoms with Gasteiger partial charge >= 0.3 is 0 Å². The lowest BCUT2D eigenvalue weighted by atomic mass is 10.2. The molecule has 0 amide bonds. The van der Waals surface area contributed by atoms with Gasteiger partial charge in [0.05, 0.1) is 18.9 Å². The Morgan fingerprint density at radius 1 is 1.40 bits per heavy atom. The summed E-state index contributed by atoms with van der Waals surface area (Å²) in [5.41, 5.74) is 1.82. The number of aliphatic hydroxyl groups is 1. The van der Waals surface area contributed by atoms with Crippen LogP contribution in [0.3, 0.4) is 0 Å². The van der Waals surface area contributed by atoms with E-state index in [-0.39, 0.29) is 0 Å². The zero-order chi connectivity index (χ0) is 14.4. The number of nitrogens with zero attached hydrogens (tertiary/aromatic N) is 3. The van der Waals surface area contributed by atoms with Crippen molar-refractivity contribution in [2.24, 2.45) is 0 Å². The van der Waals surface area contributed by atoms with Gasteiger partial charge in [0.25, 0.3) is 0 Å². The highest BCUT2D eigenvalue weighted by molar-refractivity contribution is 5.27. The van der Waals surface area contributed by atoms with Gasteiger partial charge in [0.1, 0.15) is 11.4 Å². The van der Waals surface area contributed by atoms with Crippen LogP contribution in [0.5, 0.6) is 5.75 Å². The van der Waals surface area contributed by atoms with Crippen LogP contribution in [0.4, 0.5) is 0 Å². The summed E-state index contributed by atoms with van der Waals surface area (Å²) < 4.78 is 7.42. The van der Waals surface area contributed by atoms with Crippen molar-refractivity contribution < 1.29 is 9.84 Å². The first kappa shape index (κ1) is 14.5. The predicted octanol–water partition coefficient (Wildman–Crippen LogP) is 2.50. The summed E-state index contributed by atoms with van der Waals surface area (Å²) in [6.07, 6.45) is 2.77. The molecule has 0 aliphatic carbocycles. The lowest BCUT2D eigenvalue weighted by molar-refractivity contribution is 0.168. The van der Waals surface area contributed by atoms with Crippen molar-refractivity contribution in [3.8, 4) is 5.75 Å². The highest BCUT2D eigenvalue weighted by Crippen LogP contribution is 2.13. The van der Waals surface area contributed by atoms with E-state index in [1.165, 1.54) is 5.56 Å². The number of aryl methyl sites for hydroxylation is 2. The maximum atomic E-state index is 9.65. The second kappa shape index (κ2) is 7.05. The molecule has 0 fully saturated rings. The van der Waals surface area contributed by atoms with Crippen molar-refractivity contribution >= 4 is 0 Å². The van der Waals surface area contributed by atoms with Crippen LogP contribution in [-0.4, -0.2) is 26.7 Å². The molecule has 1 atom stereocenters. The maximum absolute atomic E-state index is 9.65. The number of ether oxygens (including phenoxy) is 1. The number of benzene rings is 1. The van der Waals surface area contributed by atoms with Crippen molar-refractivity contribution in [1.82, 2.24) is 15.0 Å². The number of hydrogen-bond acceptors (Lipinski definition) is 4. The average molecular weight is 275 g/mol. The molecule has 0 aliphatic rings. The van der Waals surface area contributed by atoms with Crippen molar-refractivity contribution in [2.75, 3.05) is 6.61 Å². The standard InChI is InChI=1S/C15H21N3O2/c1-3-15(19)14-11-18(17-16-14)8-5-9-20-13-7-4-6-12(2)10-13/h4,6-7,10-11,15,19H,3,5,8-9H2,1-2H3. The number of aliphatic hydroxyl groups excluding tert-OH is 1. The third-order valence-corrected chi connectivity index (χ3v) is 3.07. The molecule has 108 valence electrons. The van der Waals surface area contributed by atoms with Crippen LogP contribution >= 0.6 is 0 Å². The summed E-state index contributed by atoms with van der Waals surface area (Å²) in [7, 11) is 0. The first-order chi connectivity index (χ1) is 9.69. The molecule has 1 aromatic carbocycles. The van der Waals surface area contributed by atoms with Crippen molar-refractivity contribution in [2.45, 2.75) is 39.3 Å². The Hall–Kier alpha value is -1.88. The van der Waals surface area contributed by atoms with E-state index in [0.717, 1.165) is 18.7 Å². The lowest BCUT2D eigenvalue weighted by Gasteiger charge is -2.06. The Bertz CT molecular complexity index is 539. The van der Waals surface area contributed by atoms with Crippen LogP contribution in [0.1, 0.15) is 37.1 Å². The average Bonchev–Trinajstić information content (AvgIpc) is 2.92. The molecule has 2 aromatic rings. The van der Waals surface area contributed by atoms with Gasteiger partial charge in [0.15, 0.2) is 0 Å². The van der Waals surface area contributed by atoms with Gasteiger partial charge in [-0.1, -0.05) is 24.3 Å². The molecule has 0 aliphatic heterocycles. The fourth-order valence-electron chi connectivity index (χ4n) is 1.91. The lowest BCUT2D eigenvalue weighted by Crippen LogP contribution is -2.05. The fourth-order valence-corrected chi connectivity index (χ4v) is 1.91. The smallest absolute Gasteiger partial charge is 0.119 e. The number of hydrogen-bond donors (Lipinski definition) is 1. The van der Waals surface area contributed by atoms with Crippen LogP contribution in [0, 0.1) is 6.92 Å². The summed E-state index contributed by atoms with van der Waals surface area (Å²) in [4.78, 5) is 0. The second-order valence-electron chi connectivity index (χ2n) is 4.85. The minimum absolute atomic E-state index is 0.521. The van der Waals surface area contributed by atoms with E-state index >= 15 is 0 Å². The highest BCUT2D eigenvalue weighted by atomic mass is 16.5. The quantitative estimate of drug-likeness (QED) is 0.789. The number of rotatable bonds is 7. The maximum Gasteiger partial charge on any atom is 0.119 e. The van der Waals surface area contributed by atoms with Gasteiger partial charge in [-0.3, -0.25) is 4.68 Å². The molecule has 1 heterocycles. The molecule has 5 heteroatoms. The van der Waals surface area contributed by atoms with Crippen molar-refractivity contribution in [3.63, 3.8) is 0 Å². The van der Waals surface area contributed by atoms with E-state index in [1.54, 1.807) is 10.9 Å². The molecular formula is C15H21N3O2. The second-order valence-corrected chi connectivity index (χ2v) is 4.85. The monoisotopic (exact) mass is 275 g/mol. The van der Waals surface area contributed by atoms with E-state index < -0.39 is 6.10 Å². The summed E-state index contributed by atoms with van der Waals surface area (Å²) in [5, 5.41) is 17.6. The Morgan fingerprint density at radius 3 is 3.00 bits per heavy atom. The first-order valence-electron chi connectivity index (χ1n) is 6.96. The molecule has 1 N–H and O–H groups in total. The van der Waals surface area contributed by atoms with Gasteiger partial charge in [0.2, 0.25) is 0 Å². The highest BCUT2D eigenvalue weighted by Gasteiger charge is 2.09. The molecule has 0 saturated carbocycles. The predicted molar refractivity (Wildman–Crippen MR) is 76.6 cm³/mol. The fraction of sp³-hybridized carbons (Fsp3) is 0.467. The minimum Gasteiger partial charge on any atom is -0.494 e. The normalized spacial score (nSPS) is 12.3. The van der Waals surface area contributed by atoms with Crippen LogP contribution in [0.15, 0.2) is 30.5 Å². The van der Waals surface area contributed by atoms with Gasteiger partial charge in [-0.15, -0.1) is 5.10 Å². The molecule has 2 rings (SSSR count). The largest absolute Gasteiger partial charge is 0.494 e. The van der Waals surface area contributed by atoms with Crippen LogP contribution in [0.25, 0.3) is 0 Å². The Kier molecular flexibility index (Phi) is 5.12. The van der Waals surface area contributed by atoms with E-state index in [2.05, 4.69) is 10.3 Å². The van der Waals surface area contributed by atoms with Crippen LogP contribution < -0.4 is 4.74 Å². The summed E-state index contributed by atoms with van der Waals surface area (Å²) in [6.45, 7) is 5.33. The van der Waals surface area contributed by atoms with E-state index in [9.17, 15) is 5.11 Å². The topological polar surface area (TPSA) is 60.2 Å². The van der Waals surface area contributed by atoms with E-state index in [0.29, 0.717) is 18.7 Å². The molecule has 0 spiro atoms. The van der Waals surface area contributed by atoms with Crippen LogP contribution in [0.2, 0.25) is 0 Å². The van der Waals surface area contributed by atoms with E-state index in [4.69, 9.17) is 4.74 Å². The van der Waals surface area contributed by atoms with Gasteiger partial charge < -0.3 is 9.84 Å². The Balaban J connectivity index is 1.74. The summed E-state index contributed by atoms with van der Waals surface area (Å²) in [6, 6.07) is 8.01. The van der Waals surface area contributed by atoms with Crippen molar-refractivity contribution in [1.29, 1.82) is 0 Å². The number of aromatic nitrogens is 3. The third kappa shape index (κ3) is 4.06. The van der Waals surface area contributed by atoms with Crippen molar-refractivity contribution in [3.05, 3.63) is 41.7 Å². The van der Waals surface area contributed by atoms with Crippen LogP contribution in [-0.2, 0) is 6.54 Å². The molecule has 1 aromatic heterocycles. The van der Waals surface area contributed by atoms with Gasteiger partial charge in [-0.25, -0.2) is 0 Å². The Morgan fingerprint density at radius 2 is 2.25 bits per heavy atom. The molecule has 5 nitrogen and oxygen atoms in total. The Labute approximate surface area is 119 Å². The third-order valence-electron chi connectivity index (χ3n) is 3.07. The minimum atomic E-state index is -0.521. The SMILES string of the molecule is CCC(O)c1cn(CCCOc2cccc(C)c2)nn1. The first-order valence-corrected chi connectivity index (χ1v) is 6.96. The zero-order valence-electron chi connectivity index (χ0n) is 12.0. The van der Waals surface area contributed by atoms with E-state index in [1.807, 2.05) is 38.1 Å². The molecule has 1 unspecified atom stereocenters. The zero-order valence-corrected chi connectivity index (χ0v) is 12.0. The summed E-state index contributed by atoms with van der Waals surface area (Å²) >= 11 is 0. The summed E-state index contributed by atoms with van der Waals surface area (Å²) in [5.74, 6) is 0.894.